The Morgan fingerprint density at radius 3 is 2.53 bits per heavy atom. The molecule has 106 valence electrons. The molecule has 0 saturated carbocycles. The molecule has 19 heavy (non-hydrogen) atoms. The lowest BCUT2D eigenvalue weighted by atomic mass is 10.0. The summed E-state index contributed by atoms with van der Waals surface area (Å²) in [4.78, 5) is 11.8. The fourth-order valence-electron chi connectivity index (χ4n) is 1.94. The Balaban J connectivity index is 2.33. The molecule has 0 heterocycles. The molecule has 0 bridgehead atoms. The van der Waals surface area contributed by atoms with Crippen LogP contribution in [0.25, 0.3) is 0 Å². The molecule has 1 amide bonds. The maximum Gasteiger partial charge on any atom is 0.237 e. The Labute approximate surface area is 115 Å². The standard InChI is InChI=1S/C15H24N2O2/c1-11(2)8-13(18)10-17-15(19)14(16)9-12-6-4-3-5-7-12/h3-7,11,13-14,18H,8-10,16H2,1-2H3,(H,17,19)/t13?,14-/m1/s1. The molecule has 1 rings (SSSR count). The molecule has 1 aromatic carbocycles. The molecule has 0 aliphatic rings. The molecule has 0 spiro atoms. The number of nitrogens with one attached hydrogen (secondary N) is 1. The number of aliphatic hydroxyl groups excluding tert-OH is 1. The predicted octanol–water partition coefficient (Wildman–Crippen LogP) is 1.08. The summed E-state index contributed by atoms with van der Waals surface area (Å²) < 4.78 is 0. The molecule has 4 nitrogen and oxygen atoms in total. The molecule has 0 aromatic heterocycles. The van der Waals surface area contributed by atoms with Crippen LogP contribution in [0.4, 0.5) is 0 Å². The Hall–Kier alpha value is -1.39. The number of nitrogens with two attached hydrogens (primary N) is 1. The average molecular weight is 264 g/mol. The van der Waals surface area contributed by atoms with E-state index in [0.717, 1.165) is 5.56 Å². The molecular formula is C15H24N2O2. The van der Waals surface area contributed by atoms with E-state index in [9.17, 15) is 9.90 Å². The van der Waals surface area contributed by atoms with Gasteiger partial charge in [-0.3, -0.25) is 4.79 Å². The van der Waals surface area contributed by atoms with Gasteiger partial charge in [-0.05, 0) is 24.3 Å². The molecule has 0 saturated heterocycles. The van der Waals surface area contributed by atoms with Gasteiger partial charge >= 0.3 is 0 Å². The van der Waals surface area contributed by atoms with Crippen molar-refractivity contribution in [2.24, 2.45) is 11.7 Å². The molecule has 0 aliphatic heterocycles. The summed E-state index contributed by atoms with van der Waals surface area (Å²) in [6.45, 7) is 4.33. The highest BCUT2D eigenvalue weighted by Gasteiger charge is 2.15. The van der Waals surface area contributed by atoms with Crippen LogP contribution < -0.4 is 11.1 Å². The van der Waals surface area contributed by atoms with Crippen molar-refractivity contribution in [3.63, 3.8) is 0 Å². The monoisotopic (exact) mass is 264 g/mol. The van der Waals surface area contributed by atoms with E-state index in [-0.39, 0.29) is 12.5 Å². The number of carbonyl (C=O) groups excluding carboxylic acids is 1. The molecule has 2 atom stereocenters. The normalized spacial score (nSPS) is 14.2. The molecule has 1 unspecified atom stereocenters. The van der Waals surface area contributed by atoms with Crippen molar-refractivity contribution >= 4 is 5.91 Å². The van der Waals surface area contributed by atoms with Crippen molar-refractivity contribution in [2.75, 3.05) is 6.54 Å². The van der Waals surface area contributed by atoms with Gasteiger partial charge in [0.05, 0.1) is 12.1 Å². The lowest BCUT2D eigenvalue weighted by Crippen LogP contribution is -2.44. The van der Waals surface area contributed by atoms with Crippen LogP contribution >= 0.6 is 0 Å². The summed E-state index contributed by atoms with van der Waals surface area (Å²) in [6, 6.07) is 9.09. The number of aliphatic hydroxyl groups is 1. The van der Waals surface area contributed by atoms with Gasteiger partial charge in [0, 0.05) is 6.54 Å². The first kappa shape index (κ1) is 15.7. The summed E-state index contributed by atoms with van der Waals surface area (Å²) in [5.74, 6) is 0.191. The van der Waals surface area contributed by atoms with Gasteiger partial charge in [0.25, 0.3) is 0 Å². The van der Waals surface area contributed by atoms with Crippen LogP contribution in [0, 0.1) is 5.92 Å². The average Bonchev–Trinajstić information content (AvgIpc) is 2.36. The summed E-state index contributed by atoms with van der Waals surface area (Å²) in [7, 11) is 0. The van der Waals surface area contributed by atoms with Crippen LogP contribution in [0.5, 0.6) is 0 Å². The first-order valence-electron chi connectivity index (χ1n) is 6.74. The van der Waals surface area contributed by atoms with E-state index >= 15 is 0 Å². The van der Waals surface area contributed by atoms with E-state index in [1.54, 1.807) is 0 Å². The molecular weight excluding hydrogens is 240 g/mol. The van der Waals surface area contributed by atoms with Crippen molar-refractivity contribution in [3.05, 3.63) is 35.9 Å². The maximum absolute atomic E-state index is 11.8. The second-order valence-corrected chi connectivity index (χ2v) is 5.32. The first-order valence-corrected chi connectivity index (χ1v) is 6.74. The van der Waals surface area contributed by atoms with E-state index in [1.165, 1.54) is 0 Å². The van der Waals surface area contributed by atoms with Crippen molar-refractivity contribution in [3.8, 4) is 0 Å². The zero-order valence-corrected chi connectivity index (χ0v) is 11.7. The minimum Gasteiger partial charge on any atom is -0.391 e. The van der Waals surface area contributed by atoms with E-state index in [1.807, 2.05) is 44.2 Å². The molecule has 1 aromatic rings. The lowest BCUT2D eigenvalue weighted by molar-refractivity contribution is -0.122. The van der Waals surface area contributed by atoms with E-state index < -0.39 is 12.1 Å². The summed E-state index contributed by atoms with van der Waals surface area (Å²) in [5.41, 5.74) is 6.88. The summed E-state index contributed by atoms with van der Waals surface area (Å²) in [5, 5.41) is 12.4. The number of carbonyl (C=O) groups is 1. The number of rotatable bonds is 7. The van der Waals surface area contributed by atoms with Gasteiger partial charge in [0.2, 0.25) is 5.91 Å². The van der Waals surface area contributed by atoms with Gasteiger partial charge in [-0.1, -0.05) is 44.2 Å². The number of hydrogen-bond acceptors (Lipinski definition) is 3. The van der Waals surface area contributed by atoms with Crippen LogP contribution in [0.2, 0.25) is 0 Å². The SMILES string of the molecule is CC(C)CC(O)CNC(=O)[C@H](N)Cc1ccccc1. The van der Waals surface area contributed by atoms with Gasteiger partial charge in [-0.15, -0.1) is 0 Å². The van der Waals surface area contributed by atoms with Gasteiger partial charge in [0.15, 0.2) is 0 Å². The highest BCUT2D eigenvalue weighted by atomic mass is 16.3. The number of benzene rings is 1. The van der Waals surface area contributed by atoms with Crippen LogP contribution in [0.3, 0.4) is 0 Å². The van der Waals surface area contributed by atoms with E-state index in [2.05, 4.69) is 5.32 Å². The molecule has 0 radical (unpaired) electrons. The number of hydrogen-bond donors (Lipinski definition) is 3. The minimum absolute atomic E-state index is 0.216. The smallest absolute Gasteiger partial charge is 0.237 e. The molecule has 4 N–H and O–H groups in total. The zero-order valence-electron chi connectivity index (χ0n) is 11.7. The van der Waals surface area contributed by atoms with Crippen molar-refractivity contribution < 1.29 is 9.90 Å². The highest BCUT2D eigenvalue weighted by Crippen LogP contribution is 2.04. The van der Waals surface area contributed by atoms with Crippen LogP contribution in [0.1, 0.15) is 25.8 Å². The Morgan fingerprint density at radius 1 is 1.32 bits per heavy atom. The van der Waals surface area contributed by atoms with Gasteiger partial charge in [-0.2, -0.15) is 0 Å². The second-order valence-electron chi connectivity index (χ2n) is 5.32. The summed E-state index contributed by atoms with van der Waals surface area (Å²) >= 11 is 0. The third-order valence-electron chi connectivity index (χ3n) is 2.89. The third kappa shape index (κ3) is 6.36. The van der Waals surface area contributed by atoms with Gasteiger partial charge < -0.3 is 16.2 Å². The highest BCUT2D eigenvalue weighted by molar-refractivity contribution is 5.81. The molecule has 0 fully saturated rings. The first-order chi connectivity index (χ1) is 8.99. The minimum atomic E-state index is -0.575. The molecule has 0 aliphatic carbocycles. The Kier molecular flexibility index (Phi) is 6.53. The lowest BCUT2D eigenvalue weighted by Gasteiger charge is -2.16. The maximum atomic E-state index is 11.8. The largest absolute Gasteiger partial charge is 0.391 e. The third-order valence-corrected chi connectivity index (χ3v) is 2.89. The van der Waals surface area contributed by atoms with Crippen molar-refractivity contribution in [1.82, 2.24) is 5.32 Å². The van der Waals surface area contributed by atoms with E-state index in [0.29, 0.717) is 18.8 Å². The Bertz CT molecular complexity index is 379. The second kappa shape index (κ2) is 7.92. The van der Waals surface area contributed by atoms with Crippen molar-refractivity contribution in [2.45, 2.75) is 38.8 Å². The predicted molar refractivity (Wildman–Crippen MR) is 76.6 cm³/mol. The fraction of sp³-hybridized carbons (Fsp3) is 0.533. The summed E-state index contributed by atoms with van der Waals surface area (Å²) in [6.07, 6.45) is 0.675. The van der Waals surface area contributed by atoms with Gasteiger partial charge in [-0.25, -0.2) is 0 Å². The molecule has 4 heteroatoms. The van der Waals surface area contributed by atoms with Crippen LogP contribution in [-0.4, -0.2) is 29.7 Å². The van der Waals surface area contributed by atoms with E-state index in [4.69, 9.17) is 5.73 Å². The Morgan fingerprint density at radius 2 is 1.95 bits per heavy atom. The topological polar surface area (TPSA) is 75.3 Å². The zero-order chi connectivity index (χ0) is 14.3. The fourth-order valence-corrected chi connectivity index (χ4v) is 1.94. The number of amides is 1. The quantitative estimate of drug-likeness (QED) is 0.690. The van der Waals surface area contributed by atoms with Crippen LogP contribution in [0.15, 0.2) is 30.3 Å². The van der Waals surface area contributed by atoms with Crippen LogP contribution in [-0.2, 0) is 11.2 Å². The van der Waals surface area contributed by atoms with Crippen molar-refractivity contribution in [1.29, 1.82) is 0 Å². The van der Waals surface area contributed by atoms with Gasteiger partial charge in [0.1, 0.15) is 0 Å².